The molecule has 1 aromatic heterocycles. The van der Waals surface area contributed by atoms with E-state index in [4.69, 9.17) is 4.98 Å². The molecule has 1 aliphatic carbocycles. The zero-order chi connectivity index (χ0) is 11.8. The van der Waals surface area contributed by atoms with Gasteiger partial charge in [0.25, 0.3) is 0 Å². The topological polar surface area (TPSA) is 41.0 Å². The van der Waals surface area contributed by atoms with Crippen LogP contribution < -0.4 is 10.2 Å². The van der Waals surface area contributed by atoms with E-state index >= 15 is 0 Å². The average molecular weight is 232 g/mol. The highest BCUT2D eigenvalue weighted by atomic mass is 15.2. The molecule has 0 spiro atoms. The fourth-order valence-electron chi connectivity index (χ4n) is 2.53. The van der Waals surface area contributed by atoms with E-state index in [2.05, 4.69) is 28.2 Å². The first-order valence-corrected chi connectivity index (χ1v) is 6.61. The lowest BCUT2D eigenvalue weighted by Gasteiger charge is -2.23. The molecule has 92 valence electrons. The van der Waals surface area contributed by atoms with Gasteiger partial charge in [-0.05, 0) is 32.6 Å². The van der Waals surface area contributed by atoms with Crippen LogP contribution in [-0.2, 0) is 0 Å². The quantitative estimate of drug-likeness (QED) is 0.868. The van der Waals surface area contributed by atoms with Gasteiger partial charge >= 0.3 is 0 Å². The molecule has 0 bridgehead atoms. The maximum Gasteiger partial charge on any atom is 0.136 e. The summed E-state index contributed by atoms with van der Waals surface area (Å²) in [6.07, 6.45) is 5.06. The van der Waals surface area contributed by atoms with Crippen LogP contribution in [0.4, 0.5) is 11.6 Å². The molecule has 1 aromatic rings. The summed E-state index contributed by atoms with van der Waals surface area (Å²) in [5, 5.41) is 3.15. The molecular weight excluding hydrogens is 212 g/mol. The molecule has 17 heavy (non-hydrogen) atoms. The van der Waals surface area contributed by atoms with Gasteiger partial charge in [-0.1, -0.05) is 0 Å². The van der Waals surface area contributed by atoms with Crippen LogP contribution in [-0.4, -0.2) is 29.6 Å². The third kappa shape index (κ3) is 2.08. The van der Waals surface area contributed by atoms with Crippen LogP contribution in [0.2, 0.25) is 0 Å². The van der Waals surface area contributed by atoms with Crippen molar-refractivity contribution in [2.24, 2.45) is 0 Å². The van der Waals surface area contributed by atoms with Gasteiger partial charge in [-0.3, -0.25) is 0 Å². The zero-order valence-corrected chi connectivity index (χ0v) is 10.6. The Morgan fingerprint density at radius 1 is 1.29 bits per heavy atom. The number of anilines is 2. The fraction of sp³-hybridized carbons (Fsp3) is 0.692. The van der Waals surface area contributed by atoms with Crippen LogP contribution in [0.25, 0.3) is 0 Å². The Labute approximate surface area is 102 Å². The summed E-state index contributed by atoms with van der Waals surface area (Å²) >= 11 is 0. The lowest BCUT2D eigenvalue weighted by atomic mass is 10.2. The van der Waals surface area contributed by atoms with Crippen molar-refractivity contribution in [2.45, 2.75) is 44.6 Å². The van der Waals surface area contributed by atoms with E-state index in [-0.39, 0.29) is 0 Å². The maximum atomic E-state index is 4.75. The van der Waals surface area contributed by atoms with Crippen molar-refractivity contribution in [1.82, 2.24) is 9.97 Å². The molecule has 0 amide bonds. The largest absolute Gasteiger partial charge is 0.373 e. The first-order valence-electron chi connectivity index (χ1n) is 6.61. The minimum absolute atomic E-state index is 0.611. The van der Waals surface area contributed by atoms with Gasteiger partial charge in [-0.15, -0.1) is 0 Å². The van der Waals surface area contributed by atoms with Crippen molar-refractivity contribution in [3.05, 3.63) is 11.9 Å². The average Bonchev–Trinajstić information content (AvgIpc) is 3.11. The van der Waals surface area contributed by atoms with E-state index in [9.17, 15) is 0 Å². The third-order valence-electron chi connectivity index (χ3n) is 3.78. The number of nitrogens with zero attached hydrogens (tertiary/aromatic N) is 3. The Kier molecular flexibility index (Phi) is 2.65. The maximum absolute atomic E-state index is 4.75. The van der Waals surface area contributed by atoms with E-state index in [0.717, 1.165) is 24.0 Å². The van der Waals surface area contributed by atoms with Crippen LogP contribution in [0, 0.1) is 0 Å². The Morgan fingerprint density at radius 2 is 2.12 bits per heavy atom. The molecule has 0 radical (unpaired) electrons. The van der Waals surface area contributed by atoms with Crippen molar-refractivity contribution in [2.75, 3.05) is 23.8 Å². The summed E-state index contributed by atoms with van der Waals surface area (Å²) in [5.74, 6) is 3.71. The van der Waals surface area contributed by atoms with Crippen LogP contribution in [0.3, 0.4) is 0 Å². The molecule has 1 atom stereocenters. The predicted octanol–water partition coefficient (Wildman–Crippen LogP) is 2.38. The van der Waals surface area contributed by atoms with Gasteiger partial charge in [-0.25, -0.2) is 9.97 Å². The van der Waals surface area contributed by atoms with Crippen molar-refractivity contribution < 1.29 is 0 Å². The molecule has 1 N–H and O–H groups in total. The molecule has 2 fully saturated rings. The molecule has 2 aliphatic rings. The van der Waals surface area contributed by atoms with Crippen molar-refractivity contribution in [1.29, 1.82) is 0 Å². The van der Waals surface area contributed by atoms with Gasteiger partial charge in [0.05, 0.1) is 0 Å². The van der Waals surface area contributed by atoms with E-state index in [1.807, 2.05) is 7.05 Å². The Morgan fingerprint density at radius 3 is 2.71 bits per heavy atom. The first-order chi connectivity index (χ1) is 8.28. The summed E-state index contributed by atoms with van der Waals surface area (Å²) in [6, 6.07) is 2.69. The van der Waals surface area contributed by atoms with Gasteiger partial charge in [0.2, 0.25) is 0 Å². The highest BCUT2D eigenvalue weighted by Gasteiger charge is 2.29. The molecule has 3 rings (SSSR count). The van der Waals surface area contributed by atoms with Gasteiger partial charge in [0, 0.05) is 31.6 Å². The predicted molar refractivity (Wildman–Crippen MR) is 69.6 cm³/mol. The van der Waals surface area contributed by atoms with Crippen LogP contribution in [0.5, 0.6) is 0 Å². The highest BCUT2D eigenvalue weighted by Crippen LogP contribution is 2.39. The van der Waals surface area contributed by atoms with E-state index < -0.39 is 0 Å². The Bertz CT molecular complexity index is 414. The second kappa shape index (κ2) is 4.17. The monoisotopic (exact) mass is 232 g/mol. The smallest absolute Gasteiger partial charge is 0.136 e. The molecule has 1 saturated heterocycles. The van der Waals surface area contributed by atoms with E-state index in [0.29, 0.717) is 12.0 Å². The summed E-state index contributed by atoms with van der Waals surface area (Å²) in [6.45, 7) is 3.41. The fourth-order valence-corrected chi connectivity index (χ4v) is 2.53. The van der Waals surface area contributed by atoms with Gasteiger partial charge in [0.1, 0.15) is 17.5 Å². The lowest BCUT2D eigenvalue weighted by molar-refractivity contribution is 0.722. The minimum atomic E-state index is 0.611. The van der Waals surface area contributed by atoms with Gasteiger partial charge in [0.15, 0.2) is 0 Å². The van der Waals surface area contributed by atoms with Crippen LogP contribution >= 0.6 is 0 Å². The normalized spacial score (nSPS) is 24.1. The number of rotatable bonds is 3. The standard InChI is InChI=1S/C13H20N4/c1-9-4-3-7-17(9)12-8-11(14-2)15-13(16-12)10-5-6-10/h8-10H,3-7H2,1-2H3,(H,14,15,16). The molecule has 4 heteroatoms. The summed E-state index contributed by atoms with van der Waals surface area (Å²) in [4.78, 5) is 11.7. The molecule has 1 aliphatic heterocycles. The molecular formula is C13H20N4. The van der Waals surface area contributed by atoms with Crippen LogP contribution in [0.15, 0.2) is 6.07 Å². The molecule has 0 aromatic carbocycles. The molecule has 1 unspecified atom stereocenters. The molecule has 1 saturated carbocycles. The number of aromatic nitrogens is 2. The van der Waals surface area contributed by atoms with Crippen molar-refractivity contribution in [3.8, 4) is 0 Å². The zero-order valence-electron chi connectivity index (χ0n) is 10.6. The Hall–Kier alpha value is -1.32. The van der Waals surface area contributed by atoms with Crippen molar-refractivity contribution in [3.63, 3.8) is 0 Å². The van der Waals surface area contributed by atoms with Gasteiger partial charge < -0.3 is 10.2 Å². The SMILES string of the molecule is CNc1cc(N2CCCC2C)nc(C2CC2)n1. The van der Waals surface area contributed by atoms with Crippen molar-refractivity contribution >= 4 is 11.6 Å². The second-order valence-electron chi connectivity index (χ2n) is 5.18. The summed E-state index contributed by atoms with van der Waals surface area (Å²) < 4.78 is 0. The van der Waals surface area contributed by atoms with E-state index in [1.165, 1.54) is 25.7 Å². The molecule has 4 nitrogen and oxygen atoms in total. The second-order valence-corrected chi connectivity index (χ2v) is 5.18. The summed E-state index contributed by atoms with van der Waals surface area (Å²) in [7, 11) is 1.93. The minimum Gasteiger partial charge on any atom is -0.373 e. The highest BCUT2D eigenvalue weighted by molar-refractivity contribution is 5.51. The van der Waals surface area contributed by atoms with Gasteiger partial charge in [-0.2, -0.15) is 0 Å². The summed E-state index contributed by atoms with van der Waals surface area (Å²) in [5.41, 5.74) is 0. The molecule has 2 heterocycles. The van der Waals surface area contributed by atoms with Crippen LogP contribution in [0.1, 0.15) is 44.3 Å². The Balaban J connectivity index is 1.94. The van der Waals surface area contributed by atoms with E-state index in [1.54, 1.807) is 0 Å². The lowest BCUT2D eigenvalue weighted by Crippen LogP contribution is -2.27. The first kappa shape index (κ1) is 10.8. The number of hydrogen-bond acceptors (Lipinski definition) is 4. The third-order valence-corrected chi connectivity index (χ3v) is 3.78. The number of hydrogen-bond donors (Lipinski definition) is 1. The number of nitrogens with one attached hydrogen (secondary N) is 1.